The standard InChI is InChI=1S/C25H23N3O3/c1-16(29)26-18-12-14-19(15-13-18)27-24(30)22-20-10-6-7-11-21(20)25(31)28(2)23(22)17-8-4-3-5-9-17/h3-15,22-23H,1-2H3,(H,26,29)(H,27,30). The van der Waals surface area contributed by atoms with Crippen LogP contribution in [-0.4, -0.2) is 29.7 Å². The fourth-order valence-electron chi connectivity index (χ4n) is 4.08. The van der Waals surface area contributed by atoms with Crippen molar-refractivity contribution in [1.29, 1.82) is 0 Å². The van der Waals surface area contributed by atoms with Gasteiger partial charge in [-0.25, -0.2) is 0 Å². The van der Waals surface area contributed by atoms with Crippen molar-refractivity contribution in [1.82, 2.24) is 4.90 Å². The van der Waals surface area contributed by atoms with Crippen LogP contribution in [0.1, 0.15) is 40.4 Å². The maximum absolute atomic E-state index is 13.5. The first-order valence-electron chi connectivity index (χ1n) is 10.1. The summed E-state index contributed by atoms with van der Waals surface area (Å²) >= 11 is 0. The second-order valence-corrected chi connectivity index (χ2v) is 7.58. The molecule has 31 heavy (non-hydrogen) atoms. The number of amides is 3. The molecule has 1 aliphatic heterocycles. The number of nitrogens with one attached hydrogen (secondary N) is 2. The van der Waals surface area contributed by atoms with Gasteiger partial charge in [0.25, 0.3) is 5.91 Å². The number of carbonyl (C=O) groups excluding carboxylic acids is 3. The summed E-state index contributed by atoms with van der Waals surface area (Å²) in [6.07, 6.45) is 0. The van der Waals surface area contributed by atoms with E-state index in [0.29, 0.717) is 22.5 Å². The third kappa shape index (κ3) is 4.05. The van der Waals surface area contributed by atoms with Gasteiger partial charge in [-0.05, 0) is 41.5 Å². The number of benzene rings is 3. The Morgan fingerprint density at radius 2 is 1.39 bits per heavy atom. The molecule has 1 aliphatic rings. The highest BCUT2D eigenvalue weighted by molar-refractivity contribution is 6.04. The first kappa shape index (κ1) is 20.3. The van der Waals surface area contributed by atoms with Crippen molar-refractivity contribution in [3.05, 3.63) is 95.6 Å². The van der Waals surface area contributed by atoms with Crippen LogP contribution in [0, 0.1) is 0 Å². The van der Waals surface area contributed by atoms with Gasteiger partial charge in [-0.2, -0.15) is 0 Å². The zero-order valence-corrected chi connectivity index (χ0v) is 17.3. The van der Waals surface area contributed by atoms with Gasteiger partial charge in [-0.15, -0.1) is 0 Å². The molecule has 1 heterocycles. The summed E-state index contributed by atoms with van der Waals surface area (Å²) in [5.41, 5.74) is 3.42. The molecule has 0 bridgehead atoms. The lowest BCUT2D eigenvalue weighted by atomic mass is 9.79. The van der Waals surface area contributed by atoms with E-state index in [1.54, 1.807) is 42.3 Å². The van der Waals surface area contributed by atoms with Crippen LogP contribution in [0.4, 0.5) is 11.4 Å². The first-order chi connectivity index (χ1) is 15.0. The largest absolute Gasteiger partial charge is 0.334 e. The quantitative estimate of drug-likeness (QED) is 0.673. The normalized spacial score (nSPS) is 17.6. The third-order valence-electron chi connectivity index (χ3n) is 5.48. The van der Waals surface area contributed by atoms with E-state index in [9.17, 15) is 14.4 Å². The van der Waals surface area contributed by atoms with Gasteiger partial charge < -0.3 is 15.5 Å². The minimum absolute atomic E-state index is 0.104. The Labute approximate surface area is 180 Å². The fourth-order valence-corrected chi connectivity index (χ4v) is 4.08. The molecule has 156 valence electrons. The SMILES string of the molecule is CC(=O)Nc1ccc(NC(=O)C2c3ccccc3C(=O)N(C)C2c2ccccc2)cc1. The van der Waals surface area contributed by atoms with E-state index in [1.807, 2.05) is 48.5 Å². The van der Waals surface area contributed by atoms with E-state index in [0.717, 1.165) is 5.56 Å². The van der Waals surface area contributed by atoms with Crippen molar-refractivity contribution in [2.75, 3.05) is 17.7 Å². The highest BCUT2D eigenvalue weighted by Crippen LogP contribution is 2.42. The van der Waals surface area contributed by atoms with Crippen LogP contribution in [0.5, 0.6) is 0 Å². The van der Waals surface area contributed by atoms with Crippen molar-refractivity contribution in [3.8, 4) is 0 Å². The molecule has 0 aliphatic carbocycles. The lowest BCUT2D eigenvalue weighted by molar-refractivity contribution is -0.119. The average Bonchev–Trinajstić information content (AvgIpc) is 2.77. The lowest BCUT2D eigenvalue weighted by Gasteiger charge is -2.39. The lowest BCUT2D eigenvalue weighted by Crippen LogP contribution is -2.44. The molecule has 2 N–H and O–H groups in total. The van der Waals surface area contributed by atoms with Gasteiger partial charge in [0.1, 0.15) is 0 Å². The molecule has 0 radical (unpaired) electrons. The maximum atomic E-state index is 13.5. The van der Waals surface area contributed by atoms with Gasteiger partial charge in [-0.1, -0.05) is 48.5 Å². The molecule has 3 aromatic rings. The summed E-state index contributed by atoms with van der Waals surface area (Å²) in [5, 5.41) is 5.68. The van der Waals surface area contributed by atoms with Crippen molar-refractivity contribution in [3.63, 3.8) is 0 Å². The molecular weight excluding hydrogens is 390 g/mol. The minimum Gasteiger partial charge on any atom is -0.334 e. The first-order valence-corrected chi connectivity index (χ1v) is 10.1. The molecule has 0 saturated carbocycles. The maximum Gasteiger partial charge on any atom is 0.254 e. The molecule has 0 saturated heterocycles. The van der Waals surface area contributed by atoms with Crippen LogP contribution in [-0.2, 0) is 9.59 Å². The van der Waals surface area contributed by atoms with Crippen LogP contribution in [0.25, 0.3) is 0 Å². The van der Waals surface area contributed by atoms with E-state index >= 15 is 0 Å². The highest BCUT2D eigenvalue weighted by Gasteiger charge is 2.42. The van der Waals surface area contributed by atoms with Crippen molar-refractivity contribution in [2.45, 2.75) is 18.9 Å². The average molecular weight is 413 g/mol. The second kappa shape index (κ2) is 8.44. The van der Waals surface area contributed by atoms with Crippen LogP contribution < -0.4 is 10.6 Å². The number of hydrogen-bond donors (Lipinski definition) is 2. The molecule has 3 aromatic carbocycles. The van der Waals surface area contributed by atoms with E-state index < -0.39 is 12.0 Å². The van der Waals surface area contributed by atoms with Crippen LogP contribution in [0.15, 0.2) is 78.9 Å². The number of carbonyl (C=O) groups is 3. The van der Waals surface area contributed by atoms with Gasteiger partial charge in [0, 0.05) is 30.9 Å². The molecule has 2 unspecified atom stereocenters. The van der Waals surface area contributed by atoms with E-state index in [1.165, 1.54) is 6.92 Å². The molecule has 3 amide bonds. The molecule has 0 spiro atoms. The molecule has 0 aromatic heterocycles. The fraction of sp³-hybridized carbons (Fsp3) is 0.160. The number of hydrogen-bond acceptors (Lipinski definition) is 3. The van der Waals surface area contributed by atoms with Crippen LogP contribution in [0.3, 0.4) is 0 Å². The zero-order chi connectivity index (χ0) is 22.0. The Bertz CT molecular complexity index is 1130. The molecular formula is C25H23N3O3. The van der Waals surface area contributed by atoms with Crippen molar-refractivity contribution >= 4 is 29.1 Å². The molecule has 2 atom stereocenters. The van der Waals surface area contributed by atoms with Gasteiger partial charge in [0.15, 0.2) is 0 Å². The minimum atomic E-state index is -0.573. The number of anilines is 2. The molecule has 6 heteroatoms. The number of nitrogens with zero attached hydrogens (tertiary/aromatic N) is 1. The number of fused-ring (bicyclic) bond motifs is 1. The Balaban J connectivity index is 1.70. The van der Waals surface area contributed by atoms with Crippen LogP contribution in [0.2, 0.25) is 0 Å². The van der Waals surface area contributed by atoms with Gasteiger partial charge in [0.05, 0.1) is 12.0 Å². The van der Waals surface area contributed by atoms with Gasteiger partial charge in [-0.3, -0.25) is 14.4 Å². The monoisotopic (exact) mass is 413 g/mol. The smallest absolute Gasteiger partial charge is 0.254 e. The van der Waals surface area contributed by atoms with E-state index in [2.05, 4.69) is 10.6 Å². The topological polar surface area (TPSA) is 78.5 Å². The number of likely N-dealkylation sites (N-methyl/N-ethyl adjacent to an activating group) is 1. The Morgan fingerprint density at radius 1 is 0.806 bits per heavy atom. The summed E-state index contributed by atoms with van der Waals surface area (Å²) < 4.78 is 0. The van der Waals surface area contributed by atoms with Crippen LogP contribution >= 0.6 is 0 Å². The van der Waals surface area contributed by atoms with Gasteiger partial charge in [0.2, 0.25) is 11.8 Å². The summed E-state index contributed by atoms with van der Waals surface area (Å²) in [4.78, 5) is 39.4. The van der Waals surface area contributed by atoms with Gasteiger partial charge >= 0.3 is 0 Å². The Kier molecular flexibility index (Phi) is 5.54. The predicted octanol–water partition coefficient (Wildman–Crippen LogP) is 4.19. The number of rotatable bonds is 4. The molecule has 0 fully saturated rings. The second-order valence-electron chi connectivity index (χ2n) is 7.58. The summed E-state index contributed by atoms with van der Waals surface area (Å²) in [5.74, 6) is -1.04. The summed E-state index contributed by atoms with van der Waals surface area (Å²) in [6.45, 7) is 1.44. The molecule has 6 nitrogen and oxygen atoms in total. The van der Waals surface area contributed by atoms with Crippen molar-refractivity contribution < 1.29 is 14.4 Å². The molecule has 4 rings (SSSR count). The van der Waals surface area contributed by atoms with E-state index in [-0.39, 0.29) is 17.7 Å². The Morgan fingerprint density at radius 3 is 2.03 bits per heavy atom. The highest BCUT2D eigenvalue weighted by atomic mass is 16.2. The zero-order valence-electron chi connectivity index (χ0n) is 17.3. The van der Waals surface area contributed by atoms with Crippen molar-refractivity contribution in [2.24, 2.45) is 0 Å². The van der Waals surface area contributed by atoms with E-state index in [4.69, 9.17) is 0 Å². The Hall–Kier alpha value is -3.93. The summed E-state index contributed by atoms with van der Waals surface area (Å²) in [7, 11) is 1.73. The third-order valence-corrected chi connectivity index (χ3v) is 5.48. The predicted molar refractivity (Wildman–Crippen MR) is 120 cm³/mol. The summed E-state index contributed by atoms with van der Waals surface area (Å²) in [6, 6.07) is 23.4.